The molecule has 2 atom stereocenters. The fraction of sp³-hybridized carbons (Fsp3) is 0.262. The minimum absolute atomic E-state index is 0.617. The number of thioether (sulfide) groups is 4. The van der Waals surface area contributed by atoms with Crippen LogP contribution in [0.3, 0.4) is 0 Å². The Morgan fingerprint density at radius 2 is 0.918 bits per heavy atom. The molecule has 0 radical (unpaired) electrons. The third-order valence-corrected chi connectivity index (χ3v) is 25.9. The number of hydrogen-bond donors (Lipinski definition) is 0. The molecule has 2 aliphatic carbocycles. The molecule has 0 fully saturated rings. The Morgan fingerprint density at radius 3 is 1.46 bits per heavy atom. The van der Waals surface area contributed by atoms with E-state index < -0.39 is 10.1 Å². The number of aromatic nitrogens is 2. The Morgan fingerprint density at radius 1 is 0.459 bits per heavy atom. The van der Waals surface area contributed by atoms with E-state index in [4.69, 9.17) is 9.47 Å². The van der Waals surface area contributed by atoms with E-state index in [9.17, 15) is 0 Å². The van der Waals surface area contributed by atoms with Gasteiger partial charge >= 0.3 is 0 Å². The number of anilines is 4. The largest absolute Gasteiger partial charge is 0.458 e. The fourth-order valence-electron chi connectivity index (χ4n) is 14.1. The maximum atomic E-state index is 7.57. The lowest BCUT2D eigenvalue weighted by atomic mass is 9.92. The standard InChI is InChI=1S/C84H86N6O2S6/c1-7-11-57-86-66-38-18-24-44-72(66)94-78(86)54-50-62-34-32-35-63(81(62)91-83(5)89(10-4)69-41-21-27-47-75(69)97-83)51-55-79-87(67-39-19-25-45-73(67)95-79)58-29-15-13-14-16-30-59-88-68-40-20-26-46-74(68)96-80(88)56-52-64-36-31-33-61(49-53-77-85(9-3)65-37-17-23-43-71(65)93-77)82(64)92-84(6)90(60-12-8-2)70-42-22-28-48-76(70)98-84/h7-8,13-28,37-56H,1-2,9-12,29-36,57-60H2,3-6H3/q+2. The molecule has 14 heteroatoms. The second-order valence-electron chi connectivity index (χ2n) is 25.3. The van der Waals surface area contributed by atoms with Crippen molar-refractivity contribution in [1.82, 2.24) is 0 Å². The van der Waals surface area contributed by atoms with Gasteiger partial charge in [-0.25, -0.2) is 0 Å². The highest BCUT2D eigenvalue weighted by molar-refractivity contribution is 8.04. The van der Waals surface area contributed by atoms with Gasteiger partial charge in [0.05, 0.1) is 32.8 Å². The Balaban J connectivity index is 0.697. The van der Waals surface area contributed by atoms with Crippen LogP contribution in [-0.2, 0) is 22.6 Å². The summed E-state index contributed by atoms with van der Waals surface area (Å²) in [5.74, 6) is 1.99. The van der Waals surface area contributed by atoms with Gasteiger partial charge in [-0.3, -0.25) is 0 Å². The molecule has 4 aliphatic heterocycles. The zero-order valence-corrected chi connectivity index (χ0v) is 61.5. The van der Waals surface area contributed by atoms with Crippen LogP contribution in [0.25, 0.3) is 32.6 Å². The number of allylic oxidation sites excluding steroid dienone is 14. The van der Waals surface area contributed by atoms with Crippen molar-refractivity contribution >= 4 is 125 Å². The Labute approximate surface area is 604 Å². The summed E-state index contributed by atoms with van der Waals surface area (Å²) in [6, 6.07) is 52.7. The average Bonchev–Trinajstić information content (AvgIpc) is 1.60. The van der Waals surface area contributed by atoms with Crippen molar-refractivity contribution in [2.45, 2.75) is 135 Å². The van der Waals surface area contributed by atoms with E-state index in [1.165, 1.54) is 105 Å². The lowest BCUT2D eigenvalue weighted by Gasteiger charge is -2.38. The van der Waals surface area contributed by atoms with Gasteiger partial charge in [-0.05, 0) is 172 Å². The van der Waals surface area contributed by atoms with Gasteiger partial charge in [-0.15, -0.1) is 13.2 Å². The Kier molecular flexibility index (Phi) is 21.1. The van der Waals surface area contributed by atoms with Crippen LogP contribution in [0, 0.1) is 0 Å². The topological polar surface area (TPSA) is 39.2 Å². The van der Waals surface area contributed by atoms with Crippen molar-refractivity contribution in [1.29, 1.82) is 0 Å². The lowest BCUT2D eigenvalue weighted by Crippen LogP contribution is -2.43. The minimum Gasteiger partial charge on any atom is -0.458 e. The Bertz CT molecular complexity index is 4650. The summed E-state index contributed by atoms with van der Waals surface area (Å²) in [6.45, 7) is 22.3. The van der Waals surface area contributed by atoms with Crippen LogP contribution >= 0.6 is 69.7 Å². The molecule has 2 aromatic heterocycles. The minimum atomic E-state index is -0.651. The second kappa shape index (κ2) is 30.7. The van der Waals surface area contributed by atoms with Crippen LogP contribution in [0.1, 0.15) is 102 Å². The number of benzene rings is 6. The second-order valence-corrected chi connectivity index (χ2v) is 32.3. The van der Waals surface area contributed by atoms with Gasteiger partial charge in [-0.2, -0.15) is 9.13 Å². The fourth-order valence-corrected chi connectivity index (χ4v) is 21.1. The van der Waals surface area contributed by atoms with Crippen molar-refractivity contribution in [2.75, 3.05) is 45.8 Å². The van der Waals surface area contributed by atoms with Crippen molar-refractivity contribution < 1.29 is 18.6 Å². The van der Waals surface area contributed by atoms with E-state index in [-0.39, 0.29) is 0 Å². The molecule has 6 aliphatic rings. The number of ether oxygens (including phenoxy) is 2. The molecule has 498 valence electrons. The predicted octanol–water partition coefficient (Wildman–Crippen LogP) is 22.7. The van der Waals surface area contributed by atoms with E-state index in [0.29, 0.717) is 0 Å². The molecule has 98 heavy (non-hydrogen) atoms. The summed E-state index contributed by atoms with van der Waals surface area (Å²) < 4.78 is 22.6. The third-order valence-electron chi connectivity index (χ3n) is 18.8. The van der Waals surface area contributed by atoms with Gasteiger partial charge in [0.2, 0.25) is 21.1 Å². The number of thiazole rings is 2. The van der Waals surface area contributed by atoms with Crippen LogP contribution < -0.4 is 28.7 Å². The van der Waals surface area contributed by atoms with Crippen LogP contribution in [0.15, 0.2) is 295 Å². The van der Waals surface area contributed by atoms with Crippen molar-refractivity contribution in [2.24, 2.45) is 0 Å². The number of nitrogens with zero attached hydrogens (tertiary/aromatic N) is 6. The molecule has 0 saturated heterocycles. The maximum Gasteiger partial charge on any atom is 0.262 e. The molecule has 8 nitrogen and oxygen atoms in total. The van der Waals surface area contributed by atoms with E-state index in [2.05, 4.69) is 288 Å². The van der Waals surface area contributed by atoms with E-state index in [0.717, 1.165) is 115 Å². The quantitative estimate of drug-likeness (QED) is 0.0314. The monoisotopic (exact) mass is 1400 g/mol. The molecule has 8 aromatic rings. The number of fused-ring (bicyclic) bond motifs is 6. The summed E-state index contributed by atoms with van der Waals surface area (Å²) in [5.41, 5.74) is 12.5. The maximum absolute atomic E-state index is 7.57. The lowest BCUT2D eigenvalue weighted by molar-refractivity contribution is -0.668. The Hall–Kier alpha value is -7.82. The van der Waals surface area contributed by atoms with Crippen LogP contribution in [-0.4, -0.2) is 36.3 Å². The van der Waals surface area contributed by atoms with E-state index in [1.54, 1.807) is 0 Å². The van der Waals surface area contributed by atoms with E-state index >= 15 is 0 Å². The molecular weight excluding hydrogens is 1320 g/mol. The zero-order chi connectivity index (χ0) is 67.0. The molecular formula is C84H86N6O2S6+2. The highest BCUT2D eigenvalue weighted by Crippen LogP contribution is 2.55. The van der Waals surface area contributed by atoms with Gasteiger partial charge in [-0.1, -0.05) is 191 Å². The van der Waals surface area contributed by atoms with Crippen LogP contribution in [0.2, 0.25) is 0 Å². The van der Waals surface area contributed by atoms with Crippen molar-refractivity contribution in [3.63, 3.8) is 0 Å². The number of hydrogen-bond acceptors (Lipinski definition) is 12. The average molecular weight is 1400 g/mol. The first-order chi connectivity index (χ1) is 48.1. The zero-order valence-electron chi connectivity index (χ0n) is 56.6. The van der Waals surface area contributed by atoms with Gasteiger partial charge in [0, 0.05) is 96.7 Å². The van der Waals surface area contributed by atoms with Gasteiger partial charge in [0.25, 0.3) is 10.0 Å². The van der Waals surface area contributed by atoms with Crippen molar-refractivity contribution in [3.8, 4) is 0 Å². The first kappa shape index (κ1) is 67.4. The molecule has 0 saturated carbocycles. The van der Waals surface area contributed by atoms with Crippen molar-refractivity contribution in [3.05, 3.63) is 286 Å². The van der Waals surface area contributed by atoms with Gasteiger partial charge < -0.3 is 29.1 Å². The number of aryl methyl sites for hydroxylation is 2. The molecule has 0 amide bonds. The smallest absolute Gasteiger partial charge is 0.262 e. The molecule has 0 bridgehead atoms. The molecule has 6 heterocycles. The summed E-state index contributed by atoms with van der Waals surface area (Å²) in [7, 11) is 0. The number of para-hydroxylation sites is 6. The summed E-state index contributed by atoms with van der Waals surface area (Å²) in [6.07, 6.45) is 41.4. The summed E-state index contributed by atoms with van der Waals surface area (Å²) in [4.78, 5) is 14.9. The normalized spacial score (nSPS) is 21.0. The summed E-state index contributed by atoms with van der Waals surface area (Å²) in [5, 5.41) is 3.68. The first-order valence-corrected chi connectivity index (χ1v) is 39.6. The van der Waals surface area contributed by atoms with Crippen LogP contribution in [0.5, 0.6) is 0 Å². The first-order valence-electron chi connectivity index (χ1n) is 34.7. The number of rotatable bonds is 25. The highest BCUT2D eigenvalue weighted by atomic mass is 32.2. The SMILES string of the molecule is C=CCCN1c2ccccc2SC1(C)OC1=C(C=Cc2sc3ccccc3[n+]2CCC=CC=CCCN2C(=CC=C3CCCC(C=Cc4sc5ccccc5[n+]4CCC=C)=C3OC3(C)Sc4ccccc4N3CC)Sc3ccccc32)CCCC1=CC=C1Sc2ccccc2N1CC. The van der Waals surface area contributed by atoms with Crippen LogP contribution in [0.4, 0.5) is 22.7 Å². The molecule has 2 unspecified atom stereocenters. The predicted molar refractivity (Wildman–Crippen MR) is 422 cm³/mol. The van der Waals surface area contributed by atoms with Gasteiger partial charge in [0.1, 0.15) is 20.9 Å². The highest BCUT2D eigenvalue weighted by Gasteiger charge is 2.46. The van der Waals surface area contributed by atoms with E-state index in [1.807, 2.05) is 81.9 Å². The summed E-state index contributed by atoms with van der Waals surface area (Å²) >= 11 is 11.1. The molecule has 6 aromatic carbocycles. The van der Waals surface area contributed by atoms with Gasteiger partial charge in [0.15, 0.2) is 13.1 Å². The molecule has 0 spiro atoms. The third kappa shape index (κ3) is 14.2. The molecule has 0 N–H and O–H groups in total. The molecule has 14 rings (SSSR count).